The molecule has 0 radical (unpaired) electrons. The standard InChI is InChI=1S/C31H37N7O/c32-18-11-4-2-1-3-8-14-27(31(16-9-10-17-31)22-34-30(39)24-12-6-5-7-13-24)38-21-25(20-37-38)28-26-15-19-33-29(26)36-23-35-28/h5-7,12-13,15,19-21,23,27H,1-4,8-11,14,16-17,22H2,(H,34,39)(H,33,35,36). The molecule has 0 saturated heterocycles. The van der Waals surface area contributed by atoms with Gasteiger partial charge in [-0.15, -0.1) is 0 Å². The number of unbranched alkanes of at least 4 members (excludes halogenated alkanes) is 5. The number of nitrogens with zero attached hydrogens (tertiary/aromatic N) is 5. The van der Waals surface area contributed by atoms with E-state index in [0.29, 0.717) is 18.5 Å². The first-order chi connectivity index (χ1) is 19.2. The number of hydrogen-bond donors (Lipinski definition) is 2. The molecule has 3 heterocycles. The van der Waals surface area contributed by atoms with Crippen molar-refractivity contribution in [1.29, 1.82) is 5.26 Å². The molecule has 4 aromatic rings. The lowest BCUT2D eigenvalue weighted by atomic mass is 9.76. The number of carbonyl (C=O) groups excluding carboxylic acids is 1. The van der Waals surface area contributed by atoms with Gasteiger partial charge in [-0.05, 0) is 43.9 Å². The van der Waals surface area contributed by atoms with Gasteiger partial charge in [-0.3, -0.25) is 9.48 Å². The predicted molar refractivity (Wildman–Crippen MR) is 152 cm³/mol. The summed E-state index contributed by atoms with van der Waals surface area (Å²) in [5.41, 5.74) is 3.31. The Morgan fingerprint density at radius 2 is 1.87 bits per heavy atom. The van der Waals surface area contributed by atoms with Gasteiger partial charge in [0.05, 0.1) is 24.0 Å². The molecule has 8 heteroatoms. The number of fused-ring (bicyclic) bond motifs is 1. The van der Waals surface area contributed by atoms with Crippen molar-refractivity contribution in [1.82, 2.24) is 30.0 Å². The van der Waals surface area contributed by atoms with Crippen LogP contribution >= 0.6 is 0 Å². The zero-order valence-corrected chi connectivity index (χ0v) is 22.5. The Morgan fingerprint density at radius 3 is 2.69 bits per heavy atom. The van der Waals surface area contributed by atoms with Crippen LogP contribution in [0.25, 0.3) is 22.3 Å². The van der Waals surface area contributed by atoms with Crippen LogP contribution in [-0.4, -0.2) is 37.2 Å². The van der Waals surface area contributed by atoms with Crippen molar-refractivity contribution in [3.05, 3.63) is 66.9 Å². The summed E-state index contributed by atoms with van der Waals surface area (Å²) in [6.45, 7) is 0.637. The van der Waals surface area contributed by atoms with E-state index >= 15 is 0 Å². The molecule has 5 rings (SSSR count). The molecule has 1 aliphatic rings. The summed E-state index contributed by atoms with van der Waals surface area (Å²) in [6, 6.07) is 13.9. The first-order valence-corrected chi connectivity index (χ1v) is 14.2. The first kappa shape index (κ1) is 26.6. The summed E-state index contributed by atoms with van der Waals surface area (Å²) in [5.74, 6) is -0.0184. The quantitative estimate of drug-likeness (QED) is 0.192. The number of amides is 1. The molecule has 1 amide bonds. The number of benzene rings is 1. The number of hydrogen-bond acceptors (Lipinski definition) is 5. The fraction of sp³-hybridized carbons (Fsp3) is 0.452. The van der Waals surface area contributed by atoms with Crippen molar-refractivity contribution in [3.8, 4) is 17.3 Å². The number of H-pyrrole nitrogens is 1. The van der Waals surface area contributed by atoms with Gasteiger partial charge in [-0.25, -0.2) is 9.97 Å². The number of rotatable bonds is 13. The highest BCUT2D eigenvalue weighted by Gasteiger charge is 2.42. The Kier molecular flexibility index (Phi) is 8.67. The van der Waals surface area contributed by atoms with E-state index in [2.05, 4.69) is 37.2 Å². The fourth-order valence-electron chi connectivity index (χ4n) is 6.18. The summed E-state index contributed by atoms with van der Waals surface area (Å²) >= 11 is 0. The van der Waals surface area contributed by atoms with Crippen LogP contribution in [0.4, 0.5) is 0 Å². The summed E-state index contributed by atoms with van der Waals surface area (Å²) < 4.78 is 2.14. The highest BCUT2D eigenvalue weighted by atomic mass is 16.1. The second kappa shape index (κ2) is 12.7. The van der Waals surface area contributed by atoms with Crippen molar-refractivity contribution in [3.63, 3.8) is 0 Å². The Hall–Kier alpha value is -3.99. The van der Waals surface area contributed by atoms with Gasteiger partial charge in [0.25, 0.3) is 5.91 Å². The molecule has 39 heavy (non-hydrogen) atoms. The van der Waals surface area contributed by atoms with E-state index in [4.69, 9.17) is 10.4 Å². The van der Waals surface area contributed by atoms with Crippen molar-refractivity contribution in [2.24, 2.45) is 5.41 Å². The van der Waals surface area contributed by atoms with Crippen molar-refractivity contribution < 1.29 is 4.79 Å². The third kappa shape index (κ3) is 6.19. The van der Waals surface area contributed by atoms with E-state index in [1.54, 1.807) is 6.33 Å². The van der Waals surface area contributed by atoms with Gasteiger partial charge in [-0.1, -0.05) is 56.7 Å². The highest BCUT2D eigenvalue weighted by Crippen LogP contribution is 2.48. The van der Waals surface area contributed by atoms with Crippen LogP contribution in [0, 0.1) is 16.7 Å². The minimum atomic E-state index is -0.0520. The minimum absolute atomic E-state index is 0.0184. The van der Waals surface area contributed by atoms with Gasteiger partial charge in [0.2, 0.25) is 0 Å². The lowest BCUT2D eigenvalue weighted by Crippen LogP contribution is -2.42. The van der Waals surface area contributed by atoms with Crippen LogP contribution in [0.15, 0.2) is 61.3 Å². The van der Waals surface area contributed by atoms with Gasteiger partial charge >= 0.3 is 0 Å². The van der Waals surface area contributed by atoms with E-state index in [0.717, 1.165) is 86.5 Å². The summed E-state index contributed by atoms with van der Waals surface area (Å²) in [6.07, 6.45) is 19.1. The van der Waals surface area contributed by atoms with E-state index in [1.807, 2.05) is 48.8 Å². The Morgan fingerprint density at radius 1 is 1.08 bits per heavy atom. The van der Waals surface area contributed by atoms with E-state index in [-0.39, 0.29) is 17.4 Å². The van der Waals surface area contributed by atoms with Crippen molar-refractivity contribution >= 4 is 16.9 Å². The molecular weight excluding hydrogens is 486 g/mol. The van der Waals surface area contributed by atoms with Crippen molar-refractivity contribution in [2.45, 2.75) is 76.7 Å². The molecule has 8 nitrogen and oxygen atoms in total. The number of carbonyl (C=O) groups is 1. The van der Waals surface area contributed by atoms with Crippen molar-refractivity contribution in [2.75, 3.05) is 6.54 Å². The summed E-state index contributed by atoms with van der Waals surface area (Å²) in [4.78, 5) is 25.1. The Labute approximate surface area is 229 Å². The molecule has 0 bridgehead atoms. The largest absolute Gasteiger partial charge is 0.351 e. The maximum atomic E-state index is 13.0. The highest BCUT2D eigenvalue weighted by molar-refractivity contribution is 5.94. The zero-order valence-electron chi connectivity index (χ0n) is 22.5. The normalized spacial score (nSPS) is 15.3. The fourth-order valence-corrected chi connectivity index (χ4v) is 6.18. The van der Waals surface area contributed by atoms with Gasteiger partial charge < -0.3 is 10.3 Å². The topological polar surface area (TPSA) is 112 Å². The molecule has 1 atom stereocenters. The van der Waals surface area contributed by atoms with Crippen LogP contribution in [0.2, 0.25) is 0 Å². The van der Waals surface area contributed by atoms with Crippen LogP contribution in [0.3, 0.4) is 0 Å². The second-order valence-corrected chi connectivity index (χ2v) is 10.8. The Balaban J connectivity index is 1.37. The van der Waals surface area contributed by atoms with E-state index in [9.17, 15) is 4.79 Å². The lowest BCUT2D eigenvalue weighted by molar-refractivity contribution is 0.0882. The van der Waals surface area contributed by atoms with Gasteiger partial charge in [0.1, 0.15) is 12.0 Å². The van der Waals surface area contributed by atoms with E-state index < -0.39 is 0 Å². The molecular formula is C31H37N7O. The second-order valence-electron chi connectivity index (χ2n) is 10.8. The average molecular weight is 524 g/mol. The molecule has 0 spiro atoms. The molecule has 1 fully saturated rings. The molecule has 1 saturated carbocycles. The molecule has 3 aromatic heterocycles. The summed E-state index contributed by atoms with van der Waals surface area (Å²) in [7, 11) is 0. The lowest BCUT2D eigenvalue weighted by Gasteiger charge is -2.38. The van der Waals surface area contributed by atoms with Gasteiger partial charge in [0, 0.05) is 47.3 Å². The third-order valence-electron chi connectivity index (χ3n) is 8.26. The SMILES string of the molecule is N#CCCCCCCCC(n1cc(-c2ncnc3[nH]ccc23)cn1)C1(CNC(=O)c2ccccc2)CCCC1. The maximum absolute atomic E-state index is 13.0. The van der Waals surface area contributed by atoms with Crippen LogP contribution in [0.1, 0.15) is 87.0 Å². The third-order valence-corrected chi connectivity index (χ3v) is 8.26. The van der Waals surface area contributed by atoms with Crippen LogP contribution in [0.5, 0.6) is 0 Å². The average Bonchev–Trinajstić information content (AvgIpc) is 3.75. The maximum Gasteiger partial charge on any atom is 0.251 e. The molecule has 2 N–H and O–H groups in total. The first-order valence-electron chi connectivity index (χ1n) is 14.2. The predicted octanol–water partition coefficient (Wildman–Crippen LogP) is 6.61. The number of nitriles is 1. The van der Waals surface area contributed by atoms with Crippen LogP contribution in [-0.2, 0) is 0 Å². The number of nitrogens with one attached hydrogen (secondary N) is 2. The minimum Gasteiger partial charge on any atom is -0.351 e. The van der Waals surface area contributed by atoms with E-state index in [1.165, 1.54) is 0 Å². The van der Waals surface area contributed by atoms with Gasteiger partial charge in [0.15, 0.2) is 0 Å². The smallest absolute Gasteiger partial charge is 0.251 e. The molecule has 0 aliphatic heterocycles. The summed E-state index contributed by atoms with van der Waals surface area (Å²) in [5, 5.41) is 18.0. The zero-order chi connectivity index (χ0) is 26.9. The monoisotopic (exact) mass is 523 g/mol. The number of aromatic nitrogens is 5. The molecule has 202 valence electrons. The van der Waals surface area contributed by atoms with Crippen LogP contribution < -0.4 is 5.32 Å². The van der Waals surface area contributed by atoms with Gasteiger partial charge in [-0.2, -0.15) is 10.4 Å². The molecule has 1 unspecified atom stereocenters. The molecule has 1 aliphatic carbocycles. The molecule has 1 aromatic carbocycles. The Bertz CT molecular complexity index is 1400. The number of aromatic amines is 1.